The molecule has 0 aliphatic rings. The van der Waals surface area contributed by atoms with Crippen molar-refractivity contribution in [3.8, 4) is 0 Å². The van der Waals surface area contributed by atoms with E-state index >= 15 is 0 Å². The zero-order valence-electron chi connectivity index (χ0n) is 15.0. The molecule has 0 nitrogen and oxygen atoms in total. The van der Waals surface area contributed by atoms with Crippen LogP contribution in [0.3, 0.4) is 0 Å². The van der Waals surface area contributed by atoms with Crippen molar-refractivity contribution in [2.24, 2.45) is 0 Å². The van der Waals surface area contributed by atoms with Crippen molar-refractivity contribution in [2.45, 2.75) is 0 Å². The van der Waals surface area contributed by atoms with Crippen LogP contribution in [-0.2, 0) is 0 Å². The van der Waals surface area contributed by atoms with Gasteiger partial charge in [-0.1, -0.05) is 0 Å². The summed E-state index contributed by atoms with van der Waals surface area (Å²) in [4.78, 5) is 0. The van der Waals surface area contributed by atoms with E-state index in [-0.39, 0.29) is 926 Å². The molecule has 0 aromatic rings. The maximum Gasteiger partial charge on any atom is 0 e. The molecule has 0 aromatic carbocycles. The predicted molar refractivity (Wildman–Crippen MR) is 0 cm³/mol. The second kappa shape index (κ2) is 176. The van der Waals surface area contributed by atoms with Crippen LogP contribution in [0.1, 0.15) is 0 Å². The van der Waals surface area contributed by atoms with E-state index < -0.39 is 0 Å². The second-order valence-electron chi connectivity index (χ2n) is 0. The van der Waals surface area contributed by atoms with Gasteiger partial charge in [0.25, 0.3) is 0 Å². The van der Waals surface area contributed by atoms with Gasteiger partial charge in [0.05, 0.1) is 0 Å². The Morgan fingerprint density at radius 1 is 0.0385 bits per heavy atom. The largest absolute Gasteiger partial charge is 0 e. The van der Waals surface area contributed by atoms with Gasteiger partial charge in [0, 0.05) is 926 Å². The molecule has 0 aliphatic heterocycles. The van der Waals surface area contributed by atoms with Gasteiger partial charge in [-0.3, -0.25) is 0 Å². The van der Waals surface area contributed by atoms with Crippen LogP contribution in [0.5, 0.6) is 0 Å². The summed E-state index contributed by atoms with van der Waals surface area (Å²) < 4.78 is 0. The van der Waals surface area contributed by atoms with Crippen molar-refractivity contribution in [3.63, 3.8) is 0 Å². The van der Waals surface area contributed by atoms with Crippen LogP contribution < -0.4 is 0 Å². The molecule has 0 fully saturated rings. The molecule has 0 aliphatic carbocycles. The van der Waals surface area contributed by atoms with Gasteiger partial charge in [-0.25, -0.2) is 0 Å². The zero-order valence-corrected chi connectivity index (χ0v) is 109. The van der Waals surface area contributed by atoms with E-state index in [2.05, 4.69) is 0 Å². The Kier molecular flexibility index (Phi) is 1260. The van der Waals surface area contributed by atoms with Crippen molar-refractivity contribution in [1.29, 1.82) is 0 Å². The zero-order chi connectivity index (χ0) is 0. The van der Waals surface area contributed by atoms with Gasteiger partial charge in [0.2, 0.25) is 0 Å². The van der Waals surface area contributed by atoms with Crippen molar-refractivity contribution in [2.75, 3.05) is 0 Å². The molecule has 0 spiro atoms. The fraction of sp³-hybridized carbons (Fsp3) is 0. The molecule has 0 saturated carbocycles. The first kappa shape index (κ1) is 186. The van der Waals surface area contributed by atoms with E-state index in [9.17, 15) is 0 Å². The van der Waals surface area contributed by atoms with Crippen LogP contribution in [0.15, 0.2) is 0 Å². The van der Waals surface area contributed by atoms with E-state index in [0.717, 1.165) is 0 Å². The topological polar surface area (TPSA) is 0 Å². The van der Waals surface area contributed by atoms with Gasteiger partial charge >= 0.3 is 0 Å². The molecule has 26 heteroatoms. The van der Waals surface area contributed by atoms with Crippen LogP contribution in [0, 0.1) is 926 Å². The Balaban J connectivity index is 0. The summed E-state index contributed by atoms with van der Waals surface area (Å²) in [5.41, 5.74) is 0. The summed E-state index contributed by atoms with van der Waals surface area (Å²) in [6.07, 6.45) is 0. The molecule has 0 atom stereocenters. The summed E-state index contributed by atoms with van der Waals surface area (Å²) in [7, 11) is 0. The van der Waals surface area contributed by atoms with Crippen LogP contribution in [0.2, 0.25) is 0 Å². The van der Waals surface area contributed by atoms with Crippen molar-refractivity contribution >= 4 is 0 Å². The Morgan fingerprint density at radius 2 is 0.0385 bits per heavy atom. The minimum absolute atomic E-state index is 0. The smallest absolute Gasteiger partial charge is 0 e. The molecular formula is La26. The summed E-state index contributed by atoms with van der Waals surface area (Å²) in [5, 5.41) is 0. The van der Waals surface area contributed by atoms with Gasteiger partial charge in [-0.2, -0.15) is 0 Å². The monoisotopic (exact) mass is 3610 g/mol. The molecule has 0 aromatic heterocycles. The quantitative estimate of drug-likeness (QED) is 0.321. The summed E-state index contributed by atoms with van der Waals surface area (Å²) >= 11 is 0. The molecule has 0 N–H and O–H groups in total. The minimum Gasteiger partial charge on any atom is 0 e. The fourth-order valence-electron chi connectivity index (χ4n) is 0. The van der Waals surface area contributed by atoms with Crippen molar-refractivity contribution in [1.82, 2.24) is 0 Å². The second-order valence-corrected chi connectivity index (χ2v) is 0. The van der Waals surface area contributed by atoms with Crippen LogP contribution in [0.4, 0.5) is 0 Å². The average molecular weight is 3610 g/mol. The third-order valence-corrected chi connectivity index (χ3v) is 0. The Bertz CT molecular complexity index is 0. The first-order valence-corrected chi connectivity index (χ1v) is 0. The van der Waals surface area contributed by atoms with E-state index in [1.165, 1.54) is 0 Å². The van der Waals surface area contributed by atoms with Gasteiger partial charge in [-0.15, -0.1) is 0 Å². The number of hydrogen-bond acceptors (Lipinski definition) is 0. The van der Waals surface area contributed by atoms with Crippen molar-refractivity contribution in [3.05, 3.63) is 0 Å². The van der Waals surface area contributed by atoms with E-state index in [1.54, 1.807) is 0 Å². The predicted octanol–water partition coefficient (Wildman–Crippen LogP) is 0. The molecule has 26 heavy (non-hydrogen) atoms. The maximum atomic E-state index is 0. The molecule has 26 radical (unpaired) electrons. The van der Waals surface area contributed by atoms with E-state index in [0.29, 0.717) is 0 Å². The SMILES string of the molecule is [La].[La].[La].[La].[La].[La].[La].[La].[La].[La].[La].[La].[La].[La].[La].[La].[La].[La].[La].[La].[La].[La].[La].[La].[La].[La]. The summed E-state index contributed by atoms with van der Waals surface area (Å²) in [6, 6.07) is 0. The van der Waals surface area contributed by atoms with Gasteiger partial charge < -0.3 is 0 Å². The maximum absolute atomic E-state index is 0. The molecule has 0 saturated heterocycles. The van der Waals surface area contributed by atoms with Crippen LogP contribution >= 0.6 is 0 Å². The van der Waals surface area contributed by atoms with Gasteiger partial charge in [0.1, 0.15) is 0 Å². The first-order valence-electron chi connectivity index (χ1n) is 0. The van der Waals surface area contributed by atoms with E-state index in [1.807, 2.05) is 0 Å². The molecular weight excluding hydrogens is 3610 g/mol. The molecule has 0 amide bonds. The van der Waals surface area contributed by atoms with Crippen LogP contribution in [0.25, 0.3) is 0 Å². The molecule has 78 valence electrons. The molecule has 0 unspecified atom stereocenters. The third-order valence-electron chi connectivity index (χ3n) is 0. The first-order chi connectivity index (χ1) is 0. The number of rotatable bonds is 0. The minimum atomic E-state index is 0. The molecule has 0 bridgehead atoms. The average Bonchev–Trinajstić information content (AvgIpc) is 0. The van der Waals surface area contributed by atoms with Gasteiger partial charge in [-0.05, 0) is 0 Å². The van der Waals surface area contributed by atoms with Gasteiger partial charge in [0.15, 0.2) is 0 Å². The Labute approximate surface area is 888 Å². The Morgan fingerprint density at radius 3 is 0.0385 bits per heavy atom. The normalized spacial score (nSPS) is 0. The number of hydrogen-bond donors (Lipinski definition) is 0. The fourth-order valence-corrected chi connectivity index (χ4v) is 0. The summed E-state index contributed by atoms with van der Waals surface area (Å²) in [5.74, 6) is 0. The van der Waals surface area contributed by atoms with Crippen LogP contribution in [-0.4, -0.2) is 0 Å². The molecule has 0 rings (SSSR count). The van der Waals surface area contributed by atoms with Crippen molar-refractivity contribution < 1.29 is 926 Å². The van der Waals surface area contributed by atoms with E-state index in [4.69, 9.17) is 0 Å². The molecule has 0 heterocycles. The third kappa shape index (κ3) is 167. The Hall–Kier alpha value is 31.1. The summed E-state index contributed by atoms with van der Waals surface area (Å²) in [6.45, 7) is 0. The standard InChI is InChI=1S/26La.